The highest BCUT2D eigenvalue weighted by Gasteiger charge is 2.32. The Bertz CT molecular complexity index is 262. The Morgan fingerprint density at radius 3 is 2.62 bits per heavy atom. The third kappa shape index (κ3) is 3.69. The van der Waals surface area contributed by atoms with Crippen LogP contribution >= 0.6 is 0 Å². The summed E-state index contributed by atoms with van der Waals surface area (Å²) in [6.45, 7) is 5.55. The van der Waals surface area contributed by atoms with Gasteiger partial charge in [-0.05, 0) is 5.92 Å². The van der Waals surface area contributed by atoms with Crippen LogP contribution in [0.3, 0.4) is 0 Å². The number of hydrogen-bond acceptors (Lipinski definition) is 4. The van der Waals surface area contributed by atoms with E-state index in [1.807, 2.05) is 13.8 Å². The second-order valence-electron chi connectivity index (χ2n) is 4.51. The molecule has 16 heavy (non-hydrogen) atoms. The second-order valence-corrected chi connectivity index (χ2v) is 4.51. The number of likely N-dealkylation sites (tertiary alicyclic amines) is 1. The highest BCUT2D eigenvalue weighted by atomic mass is 16.6. The summed E-state index contributed by atoms with van der Waals surface area (Å²) in [5, 5.41) is 0. The molecule has 6 heteroatoms. The maximum atomic E-state index is 11.4. The monoisotopic (exact) mass is 229 g/mol. The number of nitrogens with one attached hydrogen (secondary N) is 1. The molecule has 0 aromatic carbocycles. The van der Waals surface area contributed by atoms with Crippen molar-refractivity contribution in [1.29, 1.82) is 0 Å². The third-order valence-corrected chi connectivity index (χ3v) is 2.39. The fourth-order valence-corrected chi connectivity index (χ4v) is 1.50. The molecule has 1 aliphatic heterocycles. The third-order valence-electron chi connectivity index (χ3n) is 2.39. The van der Waals surface area contributed by atoms with Crippen molar-refractivity contribution >= 4 is 12.0 Å². The Kier molecular flexibility index (Phi) is 4.54. The van der Waals surface area contributed by atoms with Crippen molar-refractivity contribution in [2.75, 3.05) is 19.7 Å². The van der Waals surface area contributed by atoms with E-state index in [9.17, 15) is 9.59 Å². The number of nitrogens with two attached hydrogens (primary N) is 1. The number of amides is 2. The van der Waals surface area contributed by atoms with E-state index in [1.165, 1.54) is 0 Å². The molecule has 0 spiro atoms. The fourth-order valence-electron chi connectivity index (χ4n) is 1.50. The number of carbonyl (C=O) groups is 2. The highest BCUT2D eigenvalue weighted by Crippen LogP contribution is 2.19. The summed E-state index contributed by atoms with van der Waals surface area (Å²) in [6.07, 6.45) is 0.0721. The quantitative estimate of drug-likeness (QED) is 0.406. The lowest BCUT2D eigenvalue weighted by Crippen LogP contribution is -2.52. The van der Waals surface area contributed by atoms with Gasteiger partial charge in [0, 0.05) is 25.4 Å². The van der Waals surface area contributed by atoms with Crippen LogP contribution in [0.25, 0.3) is 0 Å². The molecule has 0 bridgehead atoms. The van der Waals surface area contributed by atoms with Gasteiger partial charge in [0.1, 0.15) is 0 Å². The number of rotatable bonds is 4. The smallest absolute Gasteiger partial charge is 0.409 e. The minimum Gasteiger partial charge on any atom is -0.449 e. The first kappa shape index (κ1) is 12.8. The van der Waals surface area contributed by atoms with Crippen molar-refractivity contribution in [3.63, 3.8) is 0 Å². The second kappa shape index (κ2) is 5.69. The molecule has 1 saturated heterocycles. The molecule has 3 N–H and O–H groups in total. The molecular formula is C10H19N3O3. The van der Waals surface area contributed by atoms with Gasteiger partial charge in [-0.3, -0.25) is 10.2 Å². The number of nitrogens with zero attached hydrogens (tertiary/aromatic N) is 1. The topological polar surface area (TPSA) is 84.7 Å². The van der Waals surface area contributed by atoms with Crippen LogP contribution < -0.4 is 11.3 Å². The normalized spacial score (nSPS) is 15.9. The van der Waals surface area contributed by atoms with Crippen LogP contribution in [0.2, 0.25) is 0 Å². The van der Waals surface area contributed by atoms with E-state index in [1.54, 1.807) is 4.90 Å². The molecule has 0 atom stereocenters. The van der Waals surface area contributed by atoms with Crippen molar-refractivity contribution in [3.8, 4) is 0 Å². The maximum absolute atomic E-state index is 11.4. The zero-order chi connectivity index (χ0) is 12.1. The van der Waals surface area contributed by atoms with Gasteiger partial charge in [-0.1, -0.05) is 13.8 Å². The molecule has 0 aliphatic carbocycles. The van der Waals surface area contributed by atoms with Gasteiger partial charge < -0.3 is 9.64 Å². The summed E-state index contributed by atoms with van der Waals surface area (Å²) in [4.78, 5) is 23.9. The molecule has 0 aromatic heterocycles. The molecule has 0 saturated carbocycles. The van der Waals surface area contributed by atoms with E-state index in [2.05, 4.69) is 5.43 Å². The molecule has 1 aliphatic rings. The molecule has 1 fully saturated rings. The zero-order valence-electron chi connectivity index (χ0n) is 9.73. The highest BCUT2D eigenvalue weighted by molar-refractivity contribution is 5.76. The minimum atomic E-state index is -0.293. The summed E-state index contributed by atoms with van der Waals surface area (Å²) < 4.78 is 5.05. The Hall–Kier alpha value is -1.30. The predicted octanol–water partition coefficient (Wildman–Crippen LogP) is 0.0908. The molecule has 1 heterocycles. The Balaban J connectivity index is 2.15. The van der Waals surface area contributed by atoms with Crippen LogP contribution in [0.1, 0.15) is 20.3 Å². The van der Waals surface area contributed by atoms with Gasteiger partial charge >= 0.3 is 6.09 Å². The Labute approximate surface area is 95.1 Å². The van der Waals surface area contributed by atoms with Crippen LogP contribution in [-0.2, 0) is 9.53 Å². The van der Waals surface area contributed by atoms with Crippen LogP contribution in [0, 0.1) is 11.8 Å². The molecule has 0 unspecified atom stereocenters. The standard InChI is InChI=1S/C10H19N3O3/c1-7(2)6-16-10(15)13-4-8(5-13)3-9(14)12-11/h7-8H,3-6,11H2,1-2H3,(H,12,14). The fraction of sp³-hybridized carbons (Fsp3) is 0.800. The Morgan fingerprint density at radius 1 is 1.50 bits per heavy atom. The number of hydrogen-bond donors (Lipinski definition) is 2. The predicted molar refractivity (Wildman–Crippen MR) is 58.2 cm³/mol. The first-order chi connectivity index (χ1) is 7.52. The van der Waals surface area contributed by atoms with Crippen molar-refractivity contribution in [2.24, 2.45) is 17.7 Å². The van der Waals surface area contributed by atoms with Gasteiger partial charge in [-0.15, -0.1) is 0 Å². The van der Waals surface area contributed by atoms with E-state index in [4.69, 9.17) is 10.6 Å². The van der Waals surface area contributed by atoms with Gasteiger partial charge in [-0.25, -0.2) is 10.6 Å². The van der Waals surface area contributed by atoms with E-state index in [0.717, 1.165) is 0 Å². The van der Waals surface area contributed by atoms with Crippen LogP contribution in [-0.4, -0.2) is 36.6 Å². The lowest BCUT2D eigenvalue weighted by atomic mass is 9.97. The molecule has 2 amide bonds. The largest absolute Gasteiger partial charge is 0.449 e. The van der Waals surface area contributed by atoms with Crippen molar-refractivity contribution < 1.29 is 14.3 Å². The van der Waals surface area contributed by atoms with E-state index in [0.29, 0.717) is 32.0 Å². The molecule has 6 nitrogen and oxygen atoms in total. The summed E-state index contributed by atoms with van der Waals surface area (Å²) in [6, 6.07) is 0. The molecule has 0 aromatic rings. The zero-order valence-corrected chi connectivity index (χ0v) is 9.73. The molecule has 1 rings (SSSR count). The Morgan fingerprint density at radius 2 is 2.12 bits per heavy atom. The van der Waals surface area contributed by atoms with Crippen molar-refractivity contribution in [1.82, 2.24) is 10.3 Å². The summed E-state index contributed by atoms with van der Waals surface area (Å²) in [7, 11) is 0. The number of hydrazine groups is 1. The average Bonchev–Trinajstić information content (AvgIpc) is 2.18. The van der Waals surface area contributed by atoms with E-state index < -0.39 is 0 Å². The maximum Gasteiger partial charge on any atom is 0.409 e. The minimum absolute atomic E-state index is 0.194. The molecule has 0 radical (unpaired) electrons. The van der Waals surface area contributed by atoms with Gasteiger partial charge in [0.25, 0.3) is 0 Å². The van der Waals surface area contributed by atoms with Gasteiger partial charge in [-0.2, -0.15) is 0 Å². The summed E-state index contributed by atoms with van der Waals surface area (Å²) in [5.41, 5.74) is 2.07. The van der Waals surface area contributed by atoms with E-state index >= 15 is 0 Å². The SMILES string of the molecule is CC(C)COC(=O)N1CC(CC(=O)NN)C1. The van der Waals surface area contributed by atoms with E-state index in [-0.39, 0.29) is 17.9 Å². The first-order valence-corrected chi connectivity index (χ1v) is 5.44. The number of ether oxygens (including phenoxy) is 1. The molecule has 92 valence electrons. The van der Waals surface area contributed by atoms with Crippen LogP contribution in [0.4, 0.5) is 4.79 Å². The van der Waals surface area contributed by atoms with Gasteiger partial charge in [0.2, 0.25) is 5.91 Å². The number of carbonyl (C=O) groups excluding carboxylic acids is 2. The average molecular weight is 229 g/mol. The lowest BCUT2D eigenvalue weighted by molar-refractivity contribution is -0.123. The van der Waals surface area contributed by atoms with Gasteiger partial charge in [0.05, 0.1) is 6.61 Å². The van der Waals surface area contributed by atoms with Crippen molar-refractivity contribution in [2.45, 2.75) is 20.3 Å². The van der Waals surface area contributed by atoms with Gasteiger partial charge in [0.15, 0.2) is 0 Å². The van der Waals surface area contributed by atoms with Crippen LogP contribution in [0.15, 0.2) is 0 Å². The summed E-state index contributed by atoms with van der Waals surface area (Å²) in [5.74, 6) is 5.32. The molecular weight excluding hydrogens is 210 g/mol. The summed E-state index contributed by atoms with van der Waals surface area (Å²) >= 11 is 0. The van der Waals surface area contributed by atoms with Crippen LogP contribution in [0.5, 0.6) is 0 Å². The first-order valence-electron chi connectivity index (χ1n) is 5.44. The lowest BCUT2D eigenvalue weighted by Gasteiger charge is -2.37. The van der Waals surface area contributed by atoms with Crippen molar-refractivity contribution in [3.05, 3.63) is 0 Å².